The lowest BCUT2D eigenvalue weighted by molar-refractivity contribution is -0.139. The highest BCUT2D eigenvalue weighted by Gasteiger charge is 2.16. The van der Waals surface area contributed by atoms with Crippen molar-refractivity contribution in [1.82, 2.24) is 10.6 Å². The molecule has 1 heterocycles. The predicted octanol–water partition coefficient (Wildman–Crippen LogP) is -0.689. The van der Waals surface area contributed by atoms with E-state index >= 15 is 0 Å². The van der Waals surface area contributed by atoms with Crippen molar-refractivity contribution < 1.29 is 14.3 Å². The highest BCUT2D eigenvalue weighted by atomic mass is 16.5. The number of carbonyl (C=O) groups is 2. The summed E-state index contributed by atoms with van der Waals surface area (Å²) in [5, 5.41) is 12.8. The molecule has 1 saturated heterocycles. The van der Waals surface area contributed by atoms with Crippen molar-refractivity contribution in [2.75, 3.05) is 19.7 Å². The van der Waals surface area contributed by atoms with Crippen molar-refractivity contribution >= 4 is 11.8 Å². The number of hydrogen-bond donors (Lipinski definition) is 2. The Morgan fingerprint density at radius 3 is 2.75 bits per heavy atom. The maximum atomic E-state index is 11.1. The second-order valence-corrected chi connectivity index (χ2v) is 3.52. The predicted molar refractivity (Wildman–Crippen MR) is 55.2 cm³/mol. The molecule has 0 bridgehead atoms. The van der Waals surface area contributed by atoms with Crippen LogP contribution >= 0.6 is 0 Å². The molecule has 1 fully saturated rings. The lowest BCUT2D eigenvalue weighted by Crippen LogP contribution is -2.40. The second kappa shape index (κ2) is 6.80. The summed E-state index contributed by atoms with van der Waals surface area (Å²) < 4.78 is 5.37. The van der Waals surface area contributed by atoms with Crippen LogP contribution in [0.25, 0.3) is 0 Å². The zero-order valence-electron chi connectivity index (χ0n) is 8.99. The number of ether oxygens (including phenoxy) is 1. The van der Waals surface area contributed by atoms with Gasteiger partial charge in [0.2, 0.25) is 0 Å². The van der Waals surface area contributed by atoms with Gasteiger partial charge in [-0.15, -0.1) is 0 Å². The third-order valence-electron chi connectivity index (χ3n) is 2.31. The van der Waals surface area contributed by atoms with E-state index in [4.69, 9.17) is 10.00 Å². The molecule has 16 heavy (non-hydrogen) atoms. The molecule has 0 aromatic heterocycles. The second-order valence-electron chi connectivity index (χ2n) is 3.52. The van der Waals surface area contributed by atoms with E-state index in [1.807, 2.05) is 0 Å². The third kappa shape index (κ3) is 4.28. The molecule has 2 amide bonds. The topological polar surface area (TPSA) is 91.2 Å². The van der Waals surface area contributed by atoms with Crippen molar-refractivity contribution in [3.05, 3.63) is 0 Å². The van der Waals surface area contributed by atoms with E-state index in [1.54, 1.807) is 6.07 Å². The van der Waals surface area contributed by atoms with Gasteiger partial charge < -0.3 is 15.4 Å². The molecule has 1 aliphatic rings. The smallest absolute Gasteiger partial charge is 0.310 e. The fraction of sp³-hybridized carbons (Fsp3) is 0.700. The zero-order valence-corrected chi connectivity index (χ0v) is 8.99. The molecular weight excluding hydrogens is 210 g/mol. The molecule has 0 spiro atoms. The third-order valence-corrected chi connectivity index (χ3v) is 2.31. The molecule has 1 rings (SSSR count). The highest BCUT2D eigenvalue weighted by molar-refractivity contribution is 6.35. The lowest BCUT2D eigenvalue weighted by Gasteiger charge is -2.09. The van der Waals surface area contributed by atoms with Crippen LogP contribution in [-0.4, -0.2) is 37.6 Å². The van der Waals surface area contributed by atoms with Crippen LogP contribution in [0.4, 0.5) is 0 Å². The Bertz CT molecular complexity index is 292. The van der Waals surface area contributed by atoms with Gasteiger partial charge in [0.25, 0.3) is 0 Å². The van der Waals surface area contributed by atoms with E-state index in [0.29, 0.717) is 6.54 Å². The first-order chi connectivity index (χ1) is 7.74. The number of amides is 2. The molecule has 2 N–H and O–H groups in total. The lowest BCUT2D eigenvalue weighted by atomic mass is 10.2. The molecule has 0 aromatic rings. The van der Waals surface area contributed by atoms with Crippen molar-refractivity contribution in [3.63, 3.8) is 0 Å². The molecule has 6 nitrogen and oxygen atoms in total. The average molecular weight is 225 g/mol. The van der Waals surface area contributed by atoms with Crippen LogP contribution in [0.15, 0.2) is 0 Å². The fourth-order valence-corrected chi connectivity index (χ4v) is 1.50. The van der Waals surface area contributed by atoms with Crippen LogP contribution in [0.5, 0.6) is 0 Å². The monoisotopic (exact) mass is 225 g/mol. The van der Waals surface area contributed by atoms with Gasteiger partial charge in [0.05, 0.1) is 12.2 Å². The standard InChI is InChI=1S/C10H15N3O3/c11-4-6-13-10(15)9(14)12-5-3-8-2-1-7-16-8/h8H,1-3,5-7H2,(H,12,14)(H,13,15). The van der Waals surface area contributed by atoms with Gasteiger partial charge in [-0.25, -0.2) is 0 Å². The van der Waals surface area contributed by atoms with Gasteiger partial charge >= 0.3 is 11.8 Å². The molecule has 6 heteroatoms. The van der Waals surface area contributed by atoms with Gasteiger partial charge in [-0.05, 0) is 19.3 Å². The summed E-state index contributed by atoms with van der Waals surface area (Å²) in [4.78, 5) is 22.2. The van der Waals surface area contributed by atoms with Crippen LogP contribution in [-0.2, 0) is 14.3 Å². The van der Waals surface area contributed by atoms with Crippen molar-refractivity contribution in [1.29, 1.82) is 5.26 Å². The van der Waals surface area contributed by atoms with Crippen LogP contribution < -0.4 is 10.6 Å². The Kier molecular flexibility index (Phi) is 5.29. The van der Waals surface area contributed by atoms with Gasteiger partial charge in [0.15, 0.2) is 0 Å². The Labute approximate surface area is 93.9 Å². The summed E-state index contributed by atoms with van der Waals surface area (Å²) in [7, 11) is 0. The summed E-state index contributed by atoms with van der Waals surface area (Å²) in [6, 6.07) is 1.72. The molecule has 0 aliphatic carbocycles. The summed E-state index contributed by atoms with van der Waals surface area (Å²) in [6.45, 7) is 1.04. The minimum Gasteiger partial charge on any atom is -0.378 e. The van der Waals surface area contributed by atoms with Crippen molar-refractivity contribution in [2.45, 2.75) is 25.4 Å². The van der Waals surface area contributed by atoms with E-state index in [0.717, 1.165) is 25.9 Å². The fourth-order valence-electron chi connectivity index (χ4n) is 1.50. The van der Waals surface area contributed by atoms with Crippen molar-refractivity contribution in [2.24, 2.45) is 0 Å². The van der Waals surface area contributed by atoms with E-state index in [9.17, 15) is 9.59 Å². The largest absolute Gasteiger partial charge is 0.378 e. The van der Waals surface area contributed by atoms with E-state index < -0.39 is 11.8 Å². The molecule has 1 aliphatic heterocycles. The maximum Gasteiger partial charge on any atom is 0.310 e. The summed E-state index contributed by atoms with van der Waals surface area (Å²) in [6.07, 6.45) is 2.98. The average Bonchev–Trinajstić information content (AvgIpc) is 2.78. The minimum absolute atomic E-state index is 0.155. The minimum atomic E-state index is -0.770. The Morgan fingerprint density at radius 1 is 1.38 bits per heavy atom. The normalized spacial score (nSPS) is 18.8. The number of carbonyl (C=O) groups excluding carboxylic acids is 2. The molecule has 0 radical (unpaired) electrons. The van der Waals surface area contributed by atoms with Crippen LogP contribution in [0.3, 0.4) is 0 Å². The zero-order chi connectivity index (χ0) is 11.8. The summed E-state index contributed by atoms with van der Waals surface area (Å²) >= 11 is 0. The number of hydrogen-bond acceptors (Lipinski definition) is 4. The first-order valence-electron chi connectivity index (χ1n) is 5.28. The summed E-state index contributed by atoms with van der Waals surface area (Å²) in [5.41, 5.74) is 0. The van der Waals surface area contributed by atoms with E-state index in [2.05, 4.69) is 10.6 Å². The van der Waals surface area contributed by atoms with Gasteiger partial charge in [0.1, 0.15) is 6.54 Å². The van der Waals surface area contributed by atoms with E-state index in [1.165, 1.54) is 0 Å². The van der Waals surface area contributed by atoms with Gasteiger partial charge in [-0.2, -0.15) is 5.26 Å². The van der Waals surface area contributed by atoms with Gasteiger partial charge in [0, 0.05) is 13.2 Å². The number of nitriles is 1. The first-order valence-corrected chi connectivity index (χ1v) is 5.28. The van der Waals surface area contributed by atoms with Crippen LogP contribution in [0, 0.1) is 11.3 Å². The molecule has 1 atom stereocenters. The van der Waals surface area contributed by atoms with Gasteiger partial charge in [-0.1, -0.05) is 0 Å². The van der Waals surface area contributed by atoms with Crippen LogP contribution in [0.1, 0.15) is 19.3 Å². The number of nitrogens with one attached hydrogen (secondary N) is 2. The molecule has 0 aromatic carbocycles. The molecule has 1 unspecified atom stereocenters. The van der Waals surface area contributed by atoms with Gasteiger partial charge in [-0.3, -0.25) is 9.59 Å². The highest BCUT2D eigenvalue weighted by Crippen LogP contribution is 2.14. The van der Waals surface area contributed by atoms with Crippen LogP contribution in [0.2, 0.25) is 0 Å². The Balaban J connectivity index is 2.09. The molecular formula is C10H15N3O3. The number of nitrogens with zero attached hydrogens (tertiary/aromatic N) is 1. The van der Waals surface area contributed by atoms with E-state index in [-0.39, 0.29) is 12.6 Å². The van der Waals surface area contributed by atoms with Crippen molar-refractivity contribution in [3.8, 4) is 6.07 Å². The molecule has 0 saturated carbocycles. The number of rotatable bonds is 4. The quantitative estimate of drug-likeness (QED) is 0.489. The first kappa shape index (κ1) is 12.5. The Hall–Kier alpha value is -1.61. The SMILES string of the molecule is N#CCNC(=O)C(=O)NCCC1CCCO1. The summed E-state index contributed by atoms with van der Waals surface area (Å²) in [5.74, 6) is -1.47. The maximum absolute atomic E-state index is 11.1. The Morgan fingerprint density at radius 2 is 2.12 bits per heavy atom. The molecule has 88 valence electrons.